The number of likely N-dealkylation sites (N-methyl/N-ethyl adjacent to an activating group) is 1. The molecule has 2 aliphatic heterocycles. The van der Waals surface area contributed by atoms with Gasteiger partial charge in [0.1, 0.15) is 29.4 Å². The molecule has 238 valence electrons. The molecular weight excluding hydrogens is 582 g/mol. The first kappa shape index (κ1) is 30.9. The maximum Gasteiger partial charge on any atom is 0.247 e. The number of hydrogen-bond donors (Lipinski definition) is 2. The van der Waals surface area contributed by atoms with E-state index in [9.17, 15) is 4.79 Å². The number of nitrogens with one attached hydrogen (secondary N) is 2. The molecule has 2 saturated heterocycles. The zero-order valence-corrected chi connectivity index (χ0v) is 26.2. The molecule has 0 radical (unpaired) electrons. The molecule has 3 aromatic carbocycles. The summed E-state index contributed by atoms with van der Waals surface area (Å²) in [5, 5.41) is 8.18. The van der Waals surface area contributed by atoms with Crippen molar-refractivity contribution in [1.82, 2.24) is 14.9 Å². The number of para-hydroxylation sites is 1. The van der Waals surface area contributed by atoms with E-state index in [4.69, 9.17) is 14.3 Å². The number of nitrogens with zero attached hydrogens (tertiary/aromatic N) is 5. The van der Waals surface area contributed by atoms with Crippen LogP contribution in [0.4, 0.5) is 28.7 Å². The summed E-state index contributed by atoms with van der Waals surface area (Å²) in [5.41, 5.74) is 3.25. The lowest BCUT2D eigenvalue weighted by Gasteiger charge is -2.36. The topological polar surface area (TPSA) is 104 Å². The number of carbonyl (C=O) groups excluding carboxylic acids is 1. The molecule has 0 aliphatic carbocycles. The van der Waals surface area contributed by atoms with E-state index < -0.39 is 0 Å². The number of hydroxylamine groups is 1. The van der Waals surface area contributed by atoms with Crippen molar-refractivity contribution < 1.29 is 19.1 Å². The first-order valence-corrected chi connectivity index (χ1v) is 15.5. The molecule has 3 heterocycles. The van der Waals surface area contributed by atoms with E-state index in [1.54, 1.807) is 7.11 Å². The Morgan fingerprint density at radius 2 is 1.80 bits per heavy atom. The van der Waals surface area contributed by atoms with Crippen LogP contribution in [0.3, 0.4) is 0 Å². The number of aromatic nitrogens is 2. The number of hydrogen-bond acceptors (Lipinski definition) is 10. The summed E-state index contributed by atoms with van der Waals surface area (Å²) >= 11 is 0. The normalized spacial score (nSPS) is 16.6. The fourth-order valence-electron chi connectivity index (χ4n) is 5.77. The van der Waals surface area contributed by atoms with Gasteiger partial charge in [-0.25, -0.2) is 15.0 Å². The lowest BCUT2D eigenvalue weighted by Crippen LogP contribution is -2.46. The highest BCUT2D eigenvalue weighted by atomic mass is 16.7. The molecule has 4 aromatic rings. The molecule has 11 heteroatoms. The van der Waals surface area contributed by atoms with Crippen LogP contribution in [0.5, 0.6) is 17.2 Å². The molecule has 2 fully saturated rings. The first-order valence-electron chi connectivity index (χ1n) is 15.5. The fourth-order valence-corrected chi connectivity index (χ4v) is 5.77. The van der Waals surface area contributed by atoms with Crippen molar-refractivity contribution in [3.05, 3.63) is 97.3 Å². The van der Waals surface area contributed by atoms with E-state index in [0.29, 0.717) is 35.4 Å². The Balaban J connectivity index is 1.24. The molecule has 11 nitrogen and oxygen atoms in total. The molecule has 2 N–H and O–H groups in total. The van der Waals surface area contributed by atoms with Gasteiger partial charge in [0.15, 0.2) is 5.82 Å². The van der Waals surface area contributed by atoms with Crippen LogP contribution in [0, 0.1) is 0 Å². The van der Waals surface area contributed by atoms with Crippen molar-refractivity contribution in [1.29, 1.82) is 0 Å². The van der Waals surface area contributed by atoms with E-state index in [1.807, 2.05) is 71.8 Å². The molecule has 0 spiro atoms. The number of benzene rings is 3. The Hall–Kier alpha value is -5.13. The third-order valence-corrected chi connectivity index (χ3v) is 8.19. The number of amides is 1. The minimum Gasteiger partial charge on any atom is -0.494 e. The third kappa shape index (κ3) is 7.06. The number of piperazine rings is 1. The van der Waals surface area contributed by atoms with E-state index >= 15 is 0 Å². The fraction of sp³-hybridized carbons (Fsp3) is 0.286. The highest BCUT2D eigenvalue weighted by Gasteiger charge is 2.30. The van der Waals surface area contributed by atoms with Crippen molar-refractivity contribution in [2.24, 2.45) is 0 Å². The summed E-state index contributed by atoms with van der Waals surface area (Å²) in [4.78, 5) is 32.2. The van der Waals surface area contributed by atoms with Crippen molar-refractivity contribution in [2.45, 2.75) is 19.4 Å². The second-order valence-electron chi connectivity index (χ2n) is 11.0. The van der Waals surface area contributed by atoms with E-state index in [1.165, 1.54) is 12.4 Å². The summed E-state index contributed by atoms with van der Waals surface area (Å²) in [6.45, 7) is 10.9. The quantitative estimate of drug-likeness (QED) is 0.189. The molecule has 0 bridgehead atoms. The van der Waals surface area contributed by atoms with E-state index in [0.717, 1.165) is 61.9 Å². The van der Waals surface area contributed by atoms with E-state index in [-0.39, 0.29) is 11.9 Å². The van der Waals surface area contributed by atoms with Gasteiger partial charge < -0.3 is 29.9 Å². The van der Waals surface area contributed by atoms with Gasteiger partial charge in [0, 0.05) is 44.7 Å². The summed E-state index contributed by atoms with van der Waals surface area (Å²) < 4.78 is 11.9. The van der Waals surface area contributed by atoms with Gasteiger partial charge in [-0.1, -0.05) is 43.8 Å². The Morgan fingerprint density at radius 3 is 2.57 bits per heavy atom. The van der Waals surface area contributed by atoms with Gasteiger partial charge in [-0.2, -0.15) is 0 Å². The number of rotatable bonds is 11. The van der Waals surface area contributed by atoms with Crippen molar-refractivity contribution in [2.75, 3.05) is 67.0 Å². The number of carbonyl (C=O) groups is 1. The molecule has 1 aromatic heterocycles. The lowest BCUT2D eigenvalue weighted by atomic mass is 10.0. The first-order chi connectivity index (χ1) is 22.5. The molecule has 0 saturated carbocycles. The van der Waals surface area contributed by atoms with Gasteiger partial charge in [-0.3, -0.25) is 9.63 Å². The van der Waals surface area contributed by atoms with Crippen molar-refractivity contribution in [3.8, 4) is 17.2 Å². The lowest BCUT2D eigenvalue weighted by molar-refractivity contribution is -0.111. The van der Waals surface area contributed by atoms with Crippen LogP contribution >= 0.6 is 0 Å². The van der Waals surface area contributed by atoms with Gasteiger partial charge >= 0.3 is 0 Å². The van der Waals surface area contributed by atoms with Crippen LogP contribution in [0.15, 0.2) is 91.8 Å². The molecule has 1 atom stereocenters. The summed E-state index contributed by atoms with van der Waals surface area (Å²) in [6.07, 6.45) is 3.55. The SMILES string of the molecule is C=CC(=O)Nc1cc(Nc2cc(N3OCCC3c3cccc(Oc4ccccc4)c3)ncn2)c(OC)cc1N1CCN(CC)CC1. The Kier molecular flexibility index (Phi) is 9.61. The molecule has 46 heavy (non-hydrogen) atoms. The molecule has 1 amide bonds. The Morgan fingerprint density at radius 1 is 1.00 bits per heavy atom. The molecule has 6 rings (SSSR count). The molecular formula is C35H39N7O4. The third-order valence-electron chi connectivity index (χ3n) is 8.19. The Labute approximate surface area is 269 Å². The van der Waals surface area contributed by atoms with Gasteiger partial charge in [0.2, 0.25) is 5.91 Å². The maximum absolute atomic E-state index is 12.4. The monoisotopic (exact) mass is 621 g/mol. The maximum atomic E-state index is 12.4. The van der Waals surface area contributed by atoms with Crippen molar-refractivity contribution >= 4 is 34.6 Å². The summed E-state index contributed by atoms with van der Waals surface area (Å²) in [5.74, 6) is 3.02. The Bertz CT molecular complexity index is 1660. The second kappa shape index (κ2) is 14.3. The van der Waals surface area contributed by atoms with Crippen LogP contribution in [0.1, 0.15) is 24.9 Å². The van der Waals surface area contributed by atoms with Crippen molar-refractivity contribution in [3.63, 3.8) is 0 Å². The highest BCUT2D eigenvalue weighted by Crippen LogP contribution is 2.40. The van der Waals surface area contributed by atoms with Crippen LogP contribution in [0.25, 0.3) is 0 Å². The predicted molar refractivity (Wildman–Crippen MR) is 180 cm³/mol. The number of methoxy groups -OCH3 is 1. The molecule has 1 unspecified atom stereocenters. The average Bonchev–Trinajstić information content (AvgIpc) is 3.60. The molecule has 2 aliphatic rings. The second-order valence-corrected chi connectivity index (χ2v) is 11.0. The van der Waals surface area contributed by atoms with Crippen LogP contribution in [0.2, 0.25) is 0 Å². The zero-order valence-electron chi connectivity index (χ0n) is 26.2. The van der Waals surface area contributed by atoms with Crippen LogP contribution < -0.4 is 30.1 Å². The van der Waals surface area contributed by atoms with Gasteiger partial charge in [0.25, 0.3) is 0 Å². The summed E-state index contributed by atoms with van der Waals surface area (Å²) in [6, 6.07) is 23.3. The van der Waals surface area contributed by atoms with Gasteiger partial charge in [-0.15, -0.1) is 0 Å². The van der Waals surface area contributed by atoms with E-state index in [2.05, 4.69) is 50.0 Å². The largest absolute Gasteiger partial charge is 0.494 e. The highest BCUT2D eigenvalue weighted by molar-refractivity contribution is 6.02. The smallest absolute Gasteiger partial charge is 0.247 e. The minimum absolute atomic E-state index is 0.0650. The van der Waals surface area contributed by atoms with Crippen LogP contribution in [-0.4, -0.2) is 67.2 Å². The minimum atomic E-state index is -0.288. The zero-order chi connectivity index (χ0) is 31.9. The van der Waals surface area contributed by atoms with Gasteiger partial charge in [0.05, 0.1) is 36.8 Å². The number of ether oxygens (including phenoxy) is 2. The van der Waals surface area contributed by atoms with Gasteiger partial charge in [-0.05, 0) is 48.5 Å². The van der Waals surface area contributed by atoms with Crippen LogP contribution in [-0.2, 0) is 9.63 Å². The number of anilines is 5. The average molecular weight is 622 g/mol. The standard InChI is InChI=1S/C35H39N7O4/c1-4-35(43)39-28-21-29(32(44-3)22-31(28)41-17-15-40(5-2)16-18-41)38-33-23-34(37-24-36-33)42-30(14-19-45-42)25-10-9-13-27(20-25)46-26-11-7-6-8-12-26/h4,6-13,20-24,30H,1,5,14-19H2,2-3H3,(H,39,43)(H,36,37,38). The summed E-state index contributed by atoms with van der Waals surface area (Å²) in [7, 11) is 1.63. The predicted octanol–water partition coefficient (Wildman–Crippen LogP) is 6.17.